The molecule has 2 rings (SSSR count). The predicted octanol–water partition coefficient (Wildman–Crippen LogP) is 1.92. The lowest BCUT2D eigenvalue weighted by molar-refractivity contribution is 0.353. The van der Waals surface area contributed by atoms with Gasteiger partial charge in [-0.15, -0.1) is 0 Å². The second kappa shape index (κ2) is 3.14. The maximum Gasteiger partial charge on any atom is 0.0812 e. The van der Waals surface area contributed by atoms with Gasteiger partial charge in [-0.1, -0.05) is 0 Å². The molecule has 10 heavy (non-hydrogen) atoms. The van der Waals surface area contributed by atoms with Gasteiger partial charge in [-0.2, -0.15) is 11.8 Å². The number of ether oxygens (including phenoxy) is 1. The van der Waals surface area contributed by atoms with Crippen molar-refractivity contribution < 1.29 is 4.74 Å². The van der Waals surface area contributed by atoms with Crippen molar-refractivity contribution in [1.82, 2.24) is 0 Å². The maximum absolute atomic E-state index is 5.20. The summed E-state index contributed by atoms with van der Waals surface area (Å²) in [6.07, 6.45) is 4.88. The molecule has 2 fully saturated rings. The first-order chi connectivity index (χ1) is 4.95. The average Bonchev–Trinajstić information content (AvgIpc) is 2.74. The summed E-state index contributed by atoms with van der Waals surface area (Å²) in [5, 5.41) is 0. The summed E-state index contributed by atoms with van der Waals surface area (Å²) >= 11 is 2.12. The number of thioether (sulfide) groups is 1. The van der Waals surface area contributed by atoms with Crippen LogP contribution in [0.5, 0.6) is 0 Å². The number of rotatable bonds is 2. The predicted molar refractivity (Wildman–Crippen MR) is 44.4 cm³/mol. The van der Waals surface area contributed by atoms with Crippen LogP contribution >= 0.6 is 11.8 Å². The quantitative estimate of drug-likeness (QED) is 0.569. The Labute approximate surface area is 66.5 Å². The molecule has 0 radical (unpaired) electrons. The second-order valence-electron chi connectivity index (χ2n) is 3.27. The van der Waals surface area contributed by atoms with Crippen molar-refractivity contribution in [3.8, 4) is 0 Å². The largest absolute Gasteiger partial charge is 0.373 e. The molecule has 2 saturated heterocycles. The lowest BCUT2D eigenvalue weighted by atomic mass is 10.00. The fourth-order valence-corrected chi connectivity index (χ4v) is 2.74. The van der Waals surface area contributed by atoms with Gasteiger partial charge in [0.15, 0.2) is 0 Å². The third-order valence-corrected chi connectivity index (χ3v) is 3.54. The highest BCUT2D eigenvalue weighted by Gasteiger charge is 2.27. The van der Waals surface area contributed by atoms with Crippen LogP contribution in [-0.4, -0.2) is 24.2 Å². The standard InChI is InChI=1S/C8H14OS/c1-2-7(6-10-3-1)4-8-5-9-8/h7-8H,1-6H2. The van der Waals surface area contributed by atoms with Crippen molar-refractivity contribution in [3.63, 3.8) is 0 Å². The van der Waals surface area contributed by atoms with Gasteiger partial charge in [-0.3, -0.25) is 0 Å². The number of hydrogen-bond acceptors (Lipinski definition) is 2. The Hall–Kier alpha value is 0.310. The summed E-state index contributed by atoms with van der Waals surface area (Å²) in [6.45, 7) is 1.04. The van der Waals surface area contributed by atoms with Gasteiger partial charge >= 0.3 is 0 Å². The van der Waals surface area contributed by atoms with E-state index in [2.05, 4.69) is 11.8 Å². The molecule has 0 amide bonds. The van der Waals surface area contributed by atoms with E-state index in [9.17, 15) is 0 Å². The van der Waals surface area contributed by atoms with E-state index in [1.54, 1.807) is 0 Å². The van der Waals surface area contributed by atoms with Crippen LogP contribution in [0.25, 0.3) is 0 Å². The maximum atomic E-state index is 5.20. The molecule has 2 heterocycles. The van der Waals surface area contributed by atoms with Crippen molar-refractivity contribution in [2.45, 2.75) is 25.4 Å². The van der Waals surface area contributed by atoms with Crippen LogP contribution in [0.3, 0.4) is 0 Å². The van der Waals surface area contributed by atoms with Gasteiger partial charge in [0.05, 0.1) is 12.7 Å². The van der Waals surface area contributed by atoms with E-state index in [1.165, 1.54) is 30.8 Å². The van der Waals surface area contributed by atoms with Gasteiger partial charge < -0.3 is 4.74 Å². The molecule has 0 aromatic carbocycles. The zero-order valence-electron chi connectivity index (χ0n) is 6.21. The van der Waals surface area contributed by atoms with Gasteiger partial charge in [0.1, 0.15) is 0 Å². The van der Waals surface area contributed by atoms with Gasteiger partial charge in [0.25, 0.3) is 0 Å². The van der Waals surface area contributed by atoms with Gasteiger partial charge in [-0.05, 0) is 36.7 Å². The zero-order valence-corrected chi connectivity index (χ0v) is 7.03. The monoisotopic (exact) mass is 158 g/mol. The number of epoxide rings is 1. The minimum Gasteiger partial charge on any atom is -0.373 e. The van der Waals surface area contributed by atoms with E-state index in [0.29, 0.717) is 6.10 Å². The SMILES string of the molecule is C1CSCC(CC2CO2)C1. The highest BCUT2D eigenvalue weighted by atomic mass is 32.2. The first kappa shape index (κ1) is 6.99. The van der Waals surface area contributed by atoms with E-state index in [-0.39, 0.29) is 0 Å². The molecule has 2 aliphatic rings. The van der Waals surface area contributed by atoms with Crippen molar-refractivity contribution in [2.75, 3.05) is 18.1 Å². The molecule has 2 aliphatic heterocycles. The minimum atomic E-state index is 0.656. The lowest BCUT2D eigenvalue weighted by Crippen LogP contribution is -2.12. The average molecular weight is 158 g/mol. The molecule has 2 heteroatoms. The van der Waals surface area contributed by atoms with E-state index in [4.69, 9.17) is 4.74 Å². The van der Waals surface area contributed by atoms with Gasteiger partial charge in [0.2, 0.25) is 0 Å². The first-order valence-corrected chi connectivity index (χ1v) is 5.30. The van der Waals surface area contributed by atoms with Crippen molar-refractivity contribution in [2.24, 2.45) is 5.92 Å². The Balaban J connectivity index is 1.69. The Bertz CT molecular complexity index is 106. The van der Waals surface area contributed by atoms with Gasteiger partial charge in [0, 0.05) is 0 Å². The molecule has 2 atom stereocenters. The van der Waals surface area contributed by atoms with Crippen LogP contribution in [0, 0.1) is 5.92 Å². The topological polar surface area (TPSA) is 12.5 Å². The smallest absolute Gasteiger partial charge is 0.0812 e. The summed E-state index contributed by atoms with van der Waals surface area (Å²) in [7, 11) is 0. The van der Waals surface area contributed by atoms with E-state index in [0.717, 1.165) is 12.5 Å². The van der Waals surface area contributed by atoms with Crippen molar-refractivity contribution >= 4 is 11.8 Å². The molecule has 0 N–H and O–H groups in total. The summed E-state index contributed by atoms with van der Waals surface area (Å²) in [4.78, 5) is 0. The van der Waals surface area contributed by atoms with Crippen molar-refractivity contribution in [1.29, 1.82) is 0 Å². The fraction of sp³-hybridized carbons (Fsp3) is 1.00. The summed E-state index contributed by atoms with van der Waals surface area (Å²) in [5.74, 6) is 3.76. The molecule has 0 saturated carbocycles. The Morgan fingerprint density at radius 3 is 3.00 bits per heavy atom. The fourth-order valence-electron chi connectivity index (χ4n) is 1.57. The van der Waals surface area contributed by atoms with Crippen molar-refractivity contribution in [3.05, 3.63) is 0 Å². The third-order valence-electron chi connectivity index (χ3n) is 2.25. The second-order valence-corrected chi connectivity index (χ2v) is 4.42. The number of hydrogen-bond donors (Lipinski definition) is 0. The molecule has 0 bridgehead atoms. The highest BCUT2D eigenvalue weighted by Crippen LogP contribution is 2.29. The van der Waals surface area contributed by atoms with Crippen LogP contribution in [0.15, 0.2) is 0 Å². The molecule has 1 nitrogen and oxygen atoms in total. The molecule has 0 spiro atoms. The normalized spacial score (nSPS) is 39.6. The molecule has 2 unspecified atom stereocenters. The molecule has 0 aromatic heterocycles. The lowest BCUT2D eigenvalue weighted by Gasteiger charge is -2.19. The molecule has 0 aliphatic carbocycles. The Morgan fingerprint density at radius 2 is 2.40 bits per heavy atom. The Kier molecular flexibility index (Phi) is 2.19. The van der Waals surface area contributed by atoms with Gasteiger partial charge in [-0.25, -0.2) is 0 Å². The van der Waals surface area contributed by atoms with Crippen LogP contribution < -0.4 is 0 Å². The third kappa shape index (κ3) is 1.89. The zero-order chi connectivity index (χ0) is 6.81. The van der Waals surface area contributed by atoms with Crippen LogP contribution in [0.4, 0.5) is 0 Å². The molecule has 58 valence electrons. The minimum absolute atomic E-state index is 0.656. The first-order valence-electron chi connectivity index (χ1n) is 4.14. The van der Waals surface area contributed by atoms with Crippen LogP contribution in [0.2, 0.25) is 0 Å². The Morgan fingerprint density at radius 1 is 1.50 bits per heavy atom. The van der Waals surface area contributed by atoms with E-state index in [1.807, 2.05) is 0 Å². The van der Waals surface area contributed by atoms with E-state index < -0.39 is 0 Å². The summed E-state index contributed by atoms with van der Waals surface area (Å²) in [6, 6.07) is 0. The molecule has 0 aromatic rings. The summed E-state index contributed by atoms with van der Waals surface area (Å²) in [5.41, 5.74) is 0. The van der Waals surface area contributed by atoms with Crippen LogP contribution in [0.1, 0.15) is 19.3 Å². The van der Waals surface area contributed by atoms with E-state index >= 15 is 0 Å². The molecular formula is C8H14OS. The highest BCUT2D eigenvalue weighted by molar-refractivity contribution is 7.99. The van der Waals surface area contributed by atoms with Crippen LogP contribution in [-0.2, 0) is 4.74 Å². The summed E-state index contributed by atoms with van der Waals surface area (Å²) < 4.78 is 5.20. The molecular weight excluding hydrogens is 144 g/mol.